The molecule has 2 aromatic carbocycles. The predicted octanol–water partition coefficient (Wildman–Crippen LogP) is 2.67. The molecule has 140 valence electrons. The van der Waals surface area contributed by atoms with Gasteiger partial charge < -0.3 is 20.1 Å². The third-order valence-electron chi connectivity index (χ3n) is 4.53. The van der Waals surface area contributed by atoms with Crippen molar-refractivity contribution in [3.8, 4) is 11.5 Å². The predicted molar refractivity (Wildman–Crippen MR) is 104 cm³/mol. The molecule has 1 aliphatic rings. The standard InChI is InChI=1S/C20H24N2O3.ClH/c1-24-18-8-7-14(11-19(18)25-2)12-20(23)22-13-17-16-6-4-3-5-15(16)9-10-21-17;/h3-8,11,17,21H,9-10,12-13H2,1-2H3,(H,22,23);1H. The minimum Gasteiger partial charge on any atom is -0.493 e. The monoisotopic (exact) mass is 376 g/mol. The summed E-state index contributed by atoms with van der Waals surface area (Å²) in [5.41, 5.74) is 3.53. The van der Waals surface area contributed by atoms with E-state index in [-0.39, 0.29) is 24.4 Å². The molecule has 0 bridgehead atoms. The molecule has 1 aliphatic heterocycles. The Balaban J connectivity index is 0.00000243. The van der Waals surface area contributed by atoms with Gasteiger partial charge in [-0.05, 0) is 41.8 Å². The average molecular weight is 377 g/mol. The number of halogens is 1. The average Bonchev–Trinajstić information content (AvgIpc) is 2.66. The molecule has 1 atom stereocenters. The van der Waals surface area contributed by atoms with Crippen molar-refractivity contribution in [2.24, 2.45) is 0 Å². The van der Waals surface area contributed by atoms with Gasteiger partial charge in [0.1, 0.15) is 0 Å². The van der Waals surface area contributed by atoms with E-state index < -0.39 is 0 Å². The molecule has 5 nitrogen and oxygen atoms in total. The Morgan fingerprint density at radius 3 is 2.69 bits per heavy atom. The summed E-state index contributed by atoms with van der Waals surface area (Å²) < 4.78 is 10.5. The van der Waals surface area contributed by atoms with Crippen LogP contribution < -0.4 is 20.1 Å². The fourth-order valence-corrected chi connectivity index (χ4v) is 3.23. The quantitative estimate of drug-likeness (QED) is 0.813. The number of methoxy groups -OCH3 is 2. The van der Waals surface area contributed by atoms with E-state index >= 15 is 0 Å². The molecule has 1 unspecified atom stereocenters. The van der Waals surface area contributed by atoms with Crippen LogP contribution in [0.25, 0.3) is 0 Å². The Kier molecular flexibility index (Phi) is 7.30. The van der Waals surface area contributed by atoms with Gasteiger partial charge in [-0.3, -0.25) is 4.79 Å². The summed E-state index contributed by atoms with van der Waals surface area (Å²) in [6.07, 6.45) is 1.35. The zero-order valence-corrected chi connectivity index (χ0v) is 15.9. The molecule has 0 aromatic heterocycles. The largest absolute Gasteiger partial charge is 0.493 e. The van der Waals surface area contributed by atoms with Crippen molar-refractivity contribution in [3.05, 3.63) is 59.2 Å². The lowest BCUT2D eigenvalue weighted by molar-refractivity contribution is -0.120. The van der Waals surface area contributed by atoms with Crippen molar-refractivity contribution in [1.29, 1.82) is 0 Å². The molecule has 0 radical (unpaired) electrons. The van der Waals surface area contributed by atoms with Crippen LogP contribution in [-0.2, 0) is 17.6 Å². The number of amides is 1. The fraction of sp³-hybridized carbons (Fsp3) is 0.350. The summed E-state index contributed by atoms with van der Waals surface area (Å²) >= 11 is 0. The van der Waals surface area contributed by atoms with Crippen LogP contribution >= 0.6 is 12.4 Å². The van der Waals surface area contributed by atoms with Crippen LogP contribution in [0.5, 0.6) is 11.5 Å². The molecule has 2 aromatic rings. The number of benzene rings is 2. The van der Waals surface area contributed by atoms with Crippen LogP contribution in [0.4, 0.5) is 0 Å². The number of hydrogen-bond donors (Lipinski definition) is 2. The van der Waals surface area contributed by atoms with Crippen molar-refractivity contribution in [1.82, 2.24) is 10.6 Å². The van der Waals surface area contributed by atoms with Crippen molar-refractivity contribution in [2.75, 3.05) is 27.3 Å². The molecule has 0 saturated heterocycles. The molecule has 0 saturated carbocycles. The first-order valence-corrected chi connectivity index (χ1v) is 8.50. The van der Waals surface area contributed by atoms with Gasteiger partial charge in [-0.1, -0.05) is 30.3 Å². The highest BCUT2D eigenvalue weighted by molar-refractivity contribution is 5.85. The van der Waals surface area contributed by atoms with E-state index in [9.17, 15) is 4.79 Å². The molecular weight excluding hydrogens is 352 g/mol. The van der Waals surface area contributed by atoms with Gasteiger partial charge in [0.2, 0.25) is 5.91 Å². The smallest absolute Gasteiger partial charge is 0.224 e. The number of carbonyl (C=O) groups excluding carboxylic acids is 1. The molecule has 1 heterocycles. The van der Waals surface area contributed by atoms with Gasteiger partial charge in [0.25, 0.3) is 0 Å². The number of fused-ring (bicyclic) bond motifs is 1. The van der Waals surface area contributed by atoms with Gasteiger partial charge in [0, 0.05) is 12.6 Å². The molecule has 0 fully saturated rings. The van der Waals surface area contributed by atoms with Gasteiger partial charge in [-0.15, -0.1) is 12.4 Å². The molecule has 6 heteroatoms. The van der Waals surface area contributed by atoms with Gasteiger partial charge in [0.15, 0.2) is 11.5 Å². The highest BCUT2D eigenvalue weighted by Crippen LogP contribution is 2.27. The summed E-state index contributed by atoms with van der Waals surface area (Å²) in [6, 6.07) is 14.1. The van der Waals surface area contributed by atoms with E-state index in [4.69, 9.17) is 9.47 Å². The number of carbonyl (C=O) groups is 1. The zero-order chi connectivity index (χ0) is 17.6. The molecule has 1 amide bonds. The van der Waals surface area contributed by atoms with E-state index in [1.807, 2.05) is 24.3 Å². The highest BCUT2D eigenvalue weighted by atomic mass is 35.5. The van der Waals surface area contributed by atoms with E-state index in [0.29, 0.717) is 24.5 Å². The lowest BCUT2D eigenvalue weighted by Gasteiger charge is -2.27. The van der Waals surface area contributed by atoms with Gasteiger partial charge in [-0.2, -0.15) is 0 Å². The van der Waals surface area contributed by atoms with Gasteiger partial charge in [-0.25, -0.2) is 0 Å². The SMILES string of the molecule is COc1ccc(CC(=O)NCC2NCCc3ccccc32)cc1OC.Cl. The second-order valence-electron chi connectivity index (χ2n) is 6.13. The number of hydrogen-bond acceptors (Lipinski definition) is 4. The minimum atomic E-state index is -0.00271. The Bertz CT molecular complexity index is 752. The molecular formula is C20H25ClN2O3. The first kappa shape index (κ1) is 20.1. The maximum Gasteiger partial charge on any atom is 0.224 e. The van der Waals surface area contributed by atoms with Crippen molar-refractivity contribution >= 4 is 18.3 Å². The highest BCUT2D eigenvalue weighted by Gasteiger charge is 2.19. The van der Waals surface area contributed by atoms with Crippen molar-refractivity contribution in [2.45, 2.75) is 18.9 Å². The van der Waals surface area contributed by atoms with Crippen LogP contribution in [0, 0.1) is 0 Å². The molecule has 3 rings (SSSR count). The lowest BCUT2D eigenvalue weighted by Crippen LogP contribution is -2.39. The molecule has 26 heavy (non-hydrogen) atoms. The first-order chi connectivity index (χ1) is 12.2. The summed E-state index contributed by atoms with van der Waals surface area (Å²) in [5.74, 6) is 1.29. The van der Waals surface area contributed by atoms with Gasteiger partial charge in [0.05, 0.1) is 20.6 Å². The number of ether oxygens (including phenoxy) is 2. The van der Waals surface area contributed by atoms with E-state index in [0.717, 1.165) is 18.5 Å². The summed E-state index contributed by atoms with van der Waals surface area (Å²) in [7, 11) is 3.19. The number of nitrogens with one attached hydrogen (secondary N) is 2. The topological polar surface area (TPSA) is 59.6 Å². The second-order valence-corrected chi connectivity index (χ2v) is 6.13. The van der Waals surface area contributed by atoms with Crippen LogP contribution in [0.1, 0.15) is 22.7 Å². The third-order valence-corrected chi connectivity index (χ3v) is 4.53. The number of rotatable bonds is 6. The first-order valence-electron chi connectivity index (χ1n) is 8.50. The van der Waals surface area contributed by atoms with E-state index in [1.165, 1.54) is 11.1 Å². The zero-order valence-electron chi connectivity index (χ0n) is 15.1. The second kappa shape index (κ2) is 9.46. The Labute approximate surface area is 160 Å². The van der Waals surface area contributed by atoms with E-state index in [2.05, 4.69) is 28.8 Å². The van der Waals surface area contributed by atoms with Crippen molar-refractivity contribution < 1.29 is 14.3 Å². The fourth-order valence-electron chi connectivity index (χ4n) is 3.23. The normalized spacial score (nSPS) is 15.4. The van der Waals surface area contributed by atoms with Crippen LogP contribution in [0.3, 0.4) is 0 Å². The summed E-state index contributed by atoms with van der Waals surface area (Å²) in [6.45, 7) is 1.52. The Morgan fingerprint density at radius 2 is 1.92 bits per heavy atom. The summed E-state index contributed by atoms with van der Waals surface area (Å²) in [4.78, 5) is 12.3. The van der Waals surface area contributed by atoms with Crippen LogP contribution in [0.2, 0.25) is 0 Å². The maximum atomic E-state index is 12.3. The minimum absolute atomic E-state index is 0. The van der Waals surface area contributed by atoms with Gasteiger partial charge >= 0.3 is 0 Å². The molecule has 0 spiro atoms. The maximum absolute atomic E-state index is 12.3. The lowest BCUT2D eigenvalue weighted by atomic mass is 9.94. The summed E-state index contributed by atoms with van der Waals surface area (Å²) in [5, 5.41) is 6.51. The third kappa shape index (κ3) is 4.68. The Hall–Kier alpha value is -2.24. The Morgan fingerprint density at radius 1 is 1.15 bits per heavy atom. The van der Waals surface area contributed by atoms with Crippen molar-refractivity contribution in [3.63, 3.8) is 0 Å². The molecule has 2 N–H and O–H groups in total. The molecule has 0 aliphatic carbocycles. The van der Waals surface area contributed by atoms with Crippen LogP contribution in [0.15, 0.2) is 42.5 Å². The van der Waals surface area contributed by atoms with E-state index in [1.54, 1.807) is 14.2 Å². The van der Waals surface area contributed by atoms with Crippen LogP contribution in [-0.4, -0.2) is 33.2 Å².